The zero-order valence-corrected chi connectivity index (χ0v) is 7.14. The van der Waals surface area contributed by atoms with Crippen LogP contribution in [0.5, 0.6) is 0 Å². The van der Waals surface area contributed by atoms with Crippen LogP contribution < -0.4 is 0 Å². The van der Waals surface area contributed by atoms with Gasteiger partial charge < -0.3 is 0 Å². The standard InChI is InChI=1S/2Cu.Ni.Sn. The second-order valence-electron chi connectivity index (χ2n) is 0. The van der Waals surface area contributed by atoms with Gasteiger partial charge in [0.05, 0.1) is 0 Å². The maximum Gasteiger partial charge on any atom is 0 e. The van der Waals surface area contributed by atoms with Crippen LogP contribution in [0.2, 0.25) is 0 Å². The van der Waals surface area contributed by atoms with Crippen molar-refractivity contribution in [1.82, 2.24) is 0 Å². The molecule has 4 heavy (non-hydrogen) atoms. The van der Waals surface area contributed by atoms with E-state index in [4.69, 9.17) is 0 Å². The van der Waals surface area contributed by atoms with E-state index in [1.54, 1.807) is 0 Å². The molecule has 0 spiro atoms. The molecule has 0 heterocycles. The summed E-state index contributed by atoms with van der Waals surface area (Å²) in [5.41, 5.74) is 0. The van der Waals surface area contributed by atoms with Gasteiger partial charge in [0.25, 0.3) is 0 Å². The molecule has 6 radical (unpaired) electrons. The molecule has 4 heteroatoms. The third kappa shape index (κ3) is 8.84. The smallest absolute Gasteiger partial charge is 0 e. The first-order chi connectivity index (χ1) is 0. The second kappa shape index (κ2) is 18.4. The fraction of sp³-hybridized carbons (Fsp3) is 0. The maximum atomic E-state index is 0. The predicted molar refractivity (Wildman–Crippen MR) is 5.75 cm³/mol. The molecule has 0 aromatic heterocycles. The largest absolute Gasteiger partial charge is 0 e. The van der Waals surface area contributed by atoms with Gasteiger partial charge in [-0.2, -0.15) is 0 Å². The van der Waals surface area contributed by atoms with Crippen LogP contribution in [0.3, 0.4) is 0 Å². The summed E-state index contributed by atoms with van der Waals surface area (Å²) in [7, 11) is 0. The van der Waals surface area contributed by atoms with E-state index < -0.39 is 0 Å². The third-order valence-corrected chi connectivity index (χ3v) is 0. The van der Waals surface area contributed by atoms with Crippen LogP contribution in [-0.4, -0.2) is 23.9 Å². The van der Waals surface area contributed by atoms with Gasteiger partial charge in [-0.15, -0.1) is 0 Å². The molecule has 0 saturated heterocycles. The van der Waals surface area contributed by atoms with E-state index in [0.29, 0.717) is 0 Å². The molecule has 0 amide bonds. The van der Waals surface area contributed by atoms with E-state index in [1.165, 1.54) is 0 Å². The molecule has 0 bridgehead atoms. The van der Waals surface area contributed by atoms with Gasteiger partial charge in [-0.1, -0.05) is 0 Å². The topological polar surface area (TPSA) is 0 Å². The second-order valence-corrected chi connectivity index (χ2v) is 0. The Morgan fingerprint density at radius 1 is 0.750 bits per heavy atom. The molecule has 0 fully saturated rings. The third-order valence-electron chi connectivity index (χ3n) is 0. The molecule has 0 aromatic rings. The number of hydrogen-bond acceptors (Lipinski definition) is 0. The first-order valence-electron chi connectivity index (χ1n) is 0. The molecule has 0 aromatic carbocycles. The van der Waals surface area contributed by atoms with Gasteiger partial charge in [-0.25, -0.2) is 0 Å². The molecule has 0 atom stereocenters. The van der Waals surface area contributed by atoms with E-state index in [-0.39, 0.29) is 74.5 Å². The van der Waals surface area contributed by atoms with Gasteiger partial charge in [-0.05, 0) is 0 Å². The number of rotatable bonds is 0. The van der Waals surface area contributed by atoms with Gasteiger partial charge in [0.1, 0.15) is 0 Å². The quantitative estimate of drug-likeness (QED) is 0.535. The molecule has 0 unspecified atom stereocenters. The van der Waals surface area contributed by atoms with Gasteiger partial charge in [0.2, 0.25) is 0 Å². The summed E-state index contributed by atoms with van der Waals surface area (Å²) in [6.07, 6.45) is 0. The normalized spacial score (nSPS) is 0. The molecule has 0 aliphatic carbocycles. The monoisotopic (exact) mass is 304 g/mol. The van der Waals surface area contributed by atoms with E-state index >= 15 is 0 Å². The summed E-state index contributed by atoms with van der Waals surface area (Å²) in [6, 6.07) is 0. The van der Waals surface area contributed by atoms with Crippen molar-refractivity contribution in [2.45, 2.75) is 0 Å². The Morgan fingerprint density at radius 2 is 0.750 bits per heavy atom. The Labute approximate surface area is 73.7 Å². The molecule has 0 aliphatic rings. The molecule has 0 N–H and O–H groups in total. The van der Waals surface area contributed by atoms with Crippen molar-refractivity contribution in [3.63, 3.8) is 0 Å². The van der Waals surface area contributed by atoms with Crippen molar-refractivity contribution in [1.29, 1.82) is 0 Å². The van der Waals surface area contributed by atoms with Crippen molar-refractivity contribution in [2.75, 3.05) is 0 Å². The number of hydrogen-bond donors (Lipinski definition) is 0. The van der Waals surface area contributed by atoms with Crippen LogP contribution in [0.15, 0.2) is 0 Å². The summed E-state index contributed by atoms with van der Waals surface area (Å²) in [5, 5.41) is 0. The molecule has 36 valence electrons. The van der Waals surface area contributed by atoms with E-state index in [0.717, 1.165) is 0 Å². The van der Waals surface area contributed by atoms with Crippen LogP contribution in [0.1, 0.15) is 0 Å². The fourth-order valence-electron chi connectivity index (χ4n) is 0. The minimum absolute atomic E-state index is 0. The Morgan fingerprint density at radius 3 is 0.750 bits per heavy atom. The SMILES string of the molecule is [Cu].[Cu].[Ni].[Sn]. The van der Waals surface area contributed by atoms with Crippen molar-refractivity contribution in [3.05, 3.63) is 0 Å². The fourth-order valence-corrected chi connectivity index (χ4v) is 0. The van der Waals surface area contributed by atoms with Crippen LogP contribution in [0.4, 0.5) is 0 Å². The minimum atomic E-state index is 0. The van der Waals surface area contributed by atoms with Crippen LogP contribution in [0.25, 0.3) is 0 Å². The van der Waals surface area contributed by atoms with Crippen molar-refractivity contribution in [2.24, 2.45) is 0 Å². The zero-order valence-electron chi connectivity index (χ0n) is 1.42. The summed E-state index contributed by atoms with van der Waals surface area (Å²) in [5.74, 6) is 0. The van der Waals surface area contributed by atoms with Gasteiger partial charge >= 0.3 is 0 Å². The predicted octanol–water partition coefficient (Wildman–Crippen LogP) is -0.388. The Hall–Kier alpha value is 2.33. The van der Waals surface area contributed by atoms with Crippen molar-refractivity contribution < 1.29 is 50.6 Å². The van der Waals surface area contributed by atoms with Gasteiger partial charge in [-0.3, -0.25) is 0 Å². The molecular formula is Cu2NiSn. The van der Waals surface area contributed by atoms with Crippen LogP contribution in [-0.2, 0) is 50.6 Å². The van der Waals surface area contributed by atoms with Crippen LogP contribution >= 0.6 is 0 Å². The molecule has 0 saturated carbocycles. The molecular weight excluding hydrogens is 304 g/mol. The summed E-state index contributed by atoms with van der Waals surface area (Å²) < 4.78 is 0. The van der Waals surface area contributed by atoms with E-state index in [2.05, 4.69) is 0 Å². The molecule has 0 rings (SSSR count). The zero-order chi connectivity index (χ0) is 0. The van der Waals surface area contributed by atoms with E-state index in [1.807, 2.05) is 0 Å². The van der Waals surface area contributed by atoms with E-state index in [9.17, 15) is 0 Å². The van der Waals surface area contributed by atoms with Gasteiger partial charge in [0.15, 0.2) is 0 Å². The van der Waals surface area contributed by atoms with Gasteiger partial charge in [0, 0.05) is 74.5 Å². The van der Waals surface area contributed by atoms with Crippen molar-refractivity contribution in [3.8, 4) is 0 Å². The van der Waals surface area contributed by atoms with Crippen LogP contribution in [0, 0.1) is 0 Å². The average Bonchev–Trinajstić information content (AvgIpc) is 0. The Bertz CT molecular complexity index is 6.00. The first kappa shape index (κ1) is 33.1. The Balaban J connectivity index is 0. The first-order valence-corrected chi connectivity index (χ1v) is 0. The summed E-state index contributed by atoms with van der Waals surface area (Å²) >= 11 is 0. The summed E-state index contributed by atoms with van der Waals surface area (Å²) in [4.78, 5) is 0. The average molecular weight is 304 g/mol. The minimum Gasteiger partial charge on any atom is 0 e. The molecule has 0 aliphatic heterocycles. The summed E-state index contributed by atoms with van der Waals surface area (Å²) in [6.45, 7) is 0. The van der Waals surface area contributed by atoms with Crippen molar-refractivity contribution >= 4 is 23.9 Å². The molecule has 0 nitrogen and oxygen atoms in total. The Kier molecular flexibility index (Phi) is 152. The maximum absolute atomic E-state index is 0.